The lowest BCUT2D eigenvalue weighted by atomic mass is 10.0. The van der Waals surface area contributed by atoms with Crippen LogP contribution in [0.25, 0.3) is 23.0 Å². The summed E-state index contributed by atoms with van der Waals surface area (Å²) in [6.45, 7) is 1.60. The van der Waals surface area contributed by atoms with Crippen LogP contribution in [0.1, 0.15) is 33.3 Å². The van der Waals surface area contributed by atoms with Crippen molar-refractivity contribution in [2.75, 3.05) is 7.05 Å². The Bertz CT molecular complexity index is 1520. The smallest absolute Gasteiger partial charge is 0.285 e. The Morgan fingerprint density at radius 1 is 1.24 bits per heavy atom. The van der Waals surface area contributed by atoms with Crippen LogP contribution < -0.4 is 15.6 Å². The summed E-state index contributed by atoms with van der Waals surface area (Å²) >= 11 is 0. The fourth-order valence-corrected chi connectivity index (χ4v) is 3.62. The van der Waals surface area contributed by atoms with Crippen molar-refractivity contribution in [3.8, 4) is 11.5 Å². The number of ether oxygens (including phenoxy) is 1. The number of pyridine rings is 2. The third-order valence-corrected chi connectivity index (χ3v) is 5.17. The summed E-state index contributed by atoms with van der Waals surface area (Å²) in [6, 6.07) is 5.90. The molecule has 1 aliphatic rings. The first kappa shape index (κ1) is 20.4. The van der Waals surface area contributed by atoms with E-state index in [-0.39, 0.29) is 40.1 Å². The second-order valence-corrected chi connectivity index (χ2v) is 7.31. The van der Waals surface area contributed by atoms with Gasteiger partial charge in [0.1, 0.15) is 22.4 Å². The van der Waals surface area contributed by atoms with Crippen molar-refractivity contribution in [2.24, 2.45) is 0 Å². The molecular weight excluding hydrogens is 433 g/mol. The maximum Gasteiger partial charge on any atom is 0.285 e. The van der Waals surface area contributed by atoms with Gasteiger partial charge in [-0.15, -0.1) is 10.2 Å². The molecule has 1 aliphatic heterocycles. The number of amides is 1. The lowest BCUT2D eigenvalue weighted by molar-refractivity contribution is 0.0959. The number of hydrogen-bond acceptors (Lipinski definition) is 8. The van der Waals surface area contributed by atoms with Crippen molar-refractivity contribution in [1.82, 2.24) is 25.1 Å². The fraction of sp³-hybridized carbons (Fsp3) is 0.136. The van der Waals surface area contributed by atoms with E-state index >= 15 is 0 Å². The summed E-state index contributed by atoms with van der Waals surface area (Å²) in [7, 11) is 1.35. The Labute approximate surface area is 185 Å². The number of aromatic nitrogens is 4. The zero-order valence-corrected chi connectivity index (χ0v) is 17.4. The summed E-state index contributed by atoms with van der Waals surface area (Å²) in [4.78, 5) is 29.8. The Balaban J connectivity index is 1.78. The molecule has 0 radical (unpaired) electrons. The van der Waals surface area contributed by atoms with Gasteiger partial charge < -0.3 is 19.6 Å². The number of aryl methyl sites for hydroxylation is 1. The molecule has 4 aromatic rings. The molecule has 0 aliphatic carbocycles. The average Bonchev–Trinajstić information content (AvgIpc) is 3.25. The molecule has 1 amide bonds. The number of carbonyl (C=O) groups excluding carboxylic acids is 1. The van der Waals surface area contributed by atoms with Gasteiger partial charge in [-0.25, -0.2) is 4.39 Å². The summed E-state index contributed by atoms with van der Waals surface area (Å²) in [5.41, 5.74) is 0.249. The van der Waals surface area contributed by atoms with E-state index in [1.165, 1.54) is 31.6 Å². The van der Waals surface area contributed by atoms with Crippen molar-refractivity contribution in [1.29, 1.82) is 0 Å². The number of rotatable bonds is 4. The van der Waals surface area contributed by atoms with Gasteiger partial charge in [-0.05, 0) is 17.7 Å². The molecule has 0 saturated heterocycles. The lowest BCUT2D eigenvalue weighted by Gasteiger charge is -2.22. The van der Waals surface area contributed by atoms with Gasteiger partial charge in [0.25, 0.3) is 17.4 Å². The second-order valence-electron chi connectivity index (χ2n) is 7.31. The third kappa shape index (κ3) is 3.30. The molecule has 5 rings (SSSR count). The molecule has 0 atom stereocenters. The Kier molecular flexibility index (Phi) is 4.66. The van der Waals surface area contributed by atoms with Crippen molar-refractivity contribution < 1.29 is 23.4 Å². The van der Waals surface area contributed by atoms with Crippen LogP contribution >= 0.6 is 0 Å². The minimum atomic E-state index is -0.779. The molecule has 0 saturated carbocycles. The van der Waals surface area contributed by atoms with E-state index in [9.17, 15) is 19.1 Å². The number of halogens is 1. The standard InChI is InChI=1S/C22H16FN5O5/c1-10-26-27-21(32-10)14-9-28-17-16(18(29)15(22(28)31)20(30)24-2)25-8-12(19(17)33-14)7-11-3-5-13(23)6-4-11/h3-6,8-9,29H,7H2,1-2H3,(H,24,30). The zero-order chi connectivity index (χ0) is 23.3. The normalized spacial score (nSPS) is 12.4. The van der Waals surface area contributed by atoms with Crippen LogP contribution in [0.3, 0.4) is 0 Å². The van der Waals surface area contributed by atoms with Crippen molar-refractivity contribution in [2.45, 2.75) is 13.3 Å². The molecule has 0 bridgehead atoms. The van der Waals surface area contributed by atoms with Crippen molar-refractivity contribution in [3.63, 3.8) is 0 Å². The predicted octanol–water partition coefficient (Wildman–Crippen LogP) is 2.23. The molecule has 166 valence electrons. The SMILES string of the molecule is CNC(=O)c1c(O)c2ncc(Cc3ccc(F)cc3)c3c2n(c1=O)C=C(c1nnc(C)o1)O3. The molecular formula is C22H16FN5O5. The number of hydrogen-bond donors (Lipinski definition) is 2. The number of nitrogens with one attached hydrogen (secondary N) is 1. The molecule has 0 spiro atoms. The van der Waals surface area contributed by atoms with Crippen LogP contribution in [0.4, 0.5) is 4.39 Å². The van der Waals surface area contributed by atoms with Crippen molar-refractivity contribution >= 4 is 28.9 Å². The van der Waals surface area contributed by atoms with E-state index in [1.54, 1.807) is 19.1 Å². The Morgan fingerprint density at radius 3 is 2.67 bits per heavy atom. The predicted molar refractivity (Wildman–Crippen MR) is 114 cm³/mol. The second kappa shape index (κ2) is 7.55. The van der Waals surface area contributed by atoms with Crippen LogP contribution in [0, 0.1) is 12.7 Å². The van der Waals surface area contributed by atoms with Gasteiger partial charge in [0.2, 0.25) is 11.6 Å². The van der Waals surface area contributed by atoms with Gasteiger partial charge in [0.15, 0.2) is 11.5 Å². The van der Waals surface area contributed by atoms with Crippen molar-refractivity contribution in [3.05, 3.63) is 75.1 Å². The summed E-state index contributed by atoms with van der Waals surface area (Å²) in [5.74, 6) is -1.09. The summed E-state index contributed by atoms with van der Waals surface area (Å²) in [6.07, 6.45) is 3.06. The average molecular weight is 449 g/mol. The molecule has 3 aromatic heterocycles. The number of carbonyl (C=O) groups is 1. The highest BCUT2D eigenvalue weighted by Crippen LogP contribution is 2.39. The zero-order valence-electron chi connectivity index (χ0n) is 17.4. The maximum atomic E-state index is 13.3. The molecule has 0 unspecified atom stereocenters. The first-order chi connectivity index (χ1) is 15.9. The van der Waals surface area contributed by atoms with E-state index in [2.05, 4.69) is 20.5 Å². The quantitative estimate of drug-likeness (QED) is 0.485. The molecule has 10 nitrogen and oxygen atoms in total. The van der Waals surface area contributed by atoms with Gasteiger partial charge in [-0.3, -0.25) is 19.1 Å². The highest BCUT2D eigenvalue weighted by atomic mass is 19.1. The Hall–Kier alpha value is -4.54. The molecule has 11 heteroatoms. The highest BCUT2D eigenvalue weighted by molar-refractivity contribution is 6.03. The van der Waals surface area contributed by atoms with E-state index in [0.29, 0.717) is 12.0 Å². The largest absolute Gasteiger partial charge is 0.505 e. The first-order valence-electron chi connectivity index (χ1n) is 9.83. The summed E-state index contributed by atoms with van der Waals surface area (Å²) < 4.78 is 26.0. The number of aromatic hydroxyl groups is 1. The molecule has 0 fully saturated rings. The maximum absolute atomic E-state index is 13.3. The lowest BCUT2D eigenvalue weighted by Crippen LogP contribution is -2.31. The number of nitrogens with zero attached hydrogens (tertiary/aromatic N) is 4. The van der Waals surface area contributed by atoms with E-state index in [4.69, 9.17) is 9.15 Å². The van der Waals surface area contributed by atoms with Crippen LogP contribution in [0.5, 0.6) is 11.5 Å². The van der Waals surface area contributed by atoms with E-state index in [1.807, 2.05) is 0 Å². The van der Waals surface area contributed by atoms with Crippen LogP contribution in [0.2, 0.25) is 0 Å². The van der Waals surface area contributed by atoms with Crippen LogP contribution in [-0.2, 0) is 6.42 Å². The number of benzene rings is 1. The minimum absolute atomic E-state index is 0.00284. The van der Waals surface area contributed by atoms with Gasteiger partial charge in [0.05, 0.1) is 6.20 Å². The topological polar surface area (TPSA) is 132 Å². The molecule has 1 aromatic carbocycles. The Morgan fingerprint density at radius 2 is 2.00 bits per heavy atom. The highest BCUT2D eigenvalue weighted by Gasteiger charge is 2.30. The summed E-state index contributed by atoms with van der Waals surface area (Å²) in [5, 5.41) is 20.8. The van der Waals surface area contributed by atoms with Crippen LogP contribution in [-0.4, -0.2) is 37.8 Å². The third-order valence-electron chi connectivity index (χ3n) is 5.17. The van der Waals surface area contributed by atoms with Gasteiger partial charge in [-0.2, -0.15) is 0 Å². The molecule has 2 N–H and O–H groups in total. The molecule has 4 heterocycles. The fourth-order valence-electron chi connectivity index (χ4n) is 3.62. The van der Waals surface area contributed by atoms with Gasteiger partial charge in [0, 0.05) is 32.2 Å². The van der Waals surface area contributed by atoms with Gasteiger partial charge >= 0.3 is 0 Å². The monoisotopic (exact) mass is 449 g/mol. The minimum Gasteiger partial charge on any atom is -0.505 e. The first-order valence-corrected chi connectivity index (χ1v) is 9.83. The van der Waals surface area contributed by atoms with Gasteiger partial charge in [-0.1, -0.05) is 12.1 Å². The van der Waals surface area contributed by atoms with E-state index < -0.39 is 22.8 Å². The van der Waals surface area contributed by atoms with E-state index in [0.717, 1.165) is 10.1 Å². The van der Waals surface area contributed by atoms with Crippen LogP contribution in [0.15, 0.2) is 39.7 Å². The molecule has 33 heavy (non-hydrogen) atoms.